The second kappa shape index (κ2) is 5.15. The third-order valence-electron chi connectivity index (χ3n) is 2.58. The zero-order valence-electron chi connectivity index (χ0n) is 9.95. The molecular weight excluding hydrogens is 346 g/mol. The Morgan fingerprint density at radius 3 is 2.95 bits per heavy atom. The van der Waals surface area contributed by atoms with Crippen molar-refractivity contribution in [2.45, 2.75) is 17.1 Å². The van der Waals surface area contributed by atoms with Gasteiger partial charge >= 0.3 is 0 Å². The summed E-state index contributed by atoms with van der Waals surface area (Å²) in [5, 5.41) is 2.26. The van der Waals surface area contributed by atoms with E-state index >= 15 is 0 Å². The van der Waals surface area contributed by atoms with Gasteiger partial charge in [0, 0.05) is 6.20 Å². The first-order valence-electron chi connectivity index (χ1n) is 5.57. The third-order valence-corrected chi connectivity index (χ3v) is 4.56. The van der Waals surface area contributed by atoms with Crippen molar-refractivity contribution in [3.8, 4) is 0 Å². The summed E-state index contributed by atoms with van der Waals surface area (Å²) in [5.74, 6) is 0. The van der Waals surface area contributed by atoms with Gasteiger partial charge in [-0.25, -0.2) is 9.97 Å². The molecular formula is C13H9BrClN3S. The fourth-order valence-electron chi connectivity index (χ4n) is 1.72. The number of rotatable bonds is 2. The van der Waals surface area contributed by atoms with Crippen molar-refractivity contribution < 1.29 is 0 Å². The van der Waals surface area contributed by atoms with Crippen LogP contribution in [0.1, 0.15) is 5.56 Å². The van der Waals surface area contributed by atoms with Crippen LogP contribution < -0.4 is 0 Å². The molecule has 3 rings (SSSR count). The minimum Gasteiger partial charge on any atom is -0.333 e. The topological polar surface area (TPSA) is 41.6 Å². The van der Waals surface area contributed by atoms with Gasteiger partial charge in [0.15, 0.2) is 5.16 Å². The number of fused-ring (bicyclic) bond motifs is 1. The lowest BCUT2D eigenvalue weighted by atomic mass is 10.2. The lowest BCUT2D eigenvalue weighted by Crippen LogP contribution is -1.83. The van der Waals surface area contributed by atoms with Gasteiger partial charge in [-0.3, -0.25) is 0 Å². The van der Waals surface area contributed by atoms with Crippen molar-refractivity contribution in [1.29, 1.82) is 0 Å². The van der Waals surface area contributed by atoms with E-state index in [4.69, 9.17) is 11.6 Å². The van der Waals surface area contributed by atoms with Gasteiger partial charge in [-0.2, -0.15) is 0 Å². The SMILES string of the molecule is Cc1ccc2nc(Sc3ncc(Cl)cc3Br)[nH]c2c1. The molecule has 3 nitrogen and oxygen atoms in total. The molecule has 0 saturated heterocycles. The Morgan fingerprint density at radius 1 is 1.32 bits per heavy atom. The molecule has 3 aromatic rings. The van der Waals surface area contributed by atoms with Gasteiger partial charge in [-0.1, -0.05) is 17.7 Å². The lowest BCUT2D eigenvalue weighted by molar-refractivity contribution is 1.05. The second-order valence-corrected chi connectivity index (χ2v) is 6.37. The summed E-state index contributed by atoms with van der Waals surface area (Å²) in [6.07, 6.45) is 1.63. The zero-order valence-corrected chi connectivity index (χ0v) is 13.1. The standard InChI is InChI=1S/C13H9BrClN3S/c1-7-2-3-10-11(4-7)18-13(17-10)19-12-9(14)5-8(15)6-16-12/h2-6H,1H3,(H,17,18). The molecule has 0 aliphatic heterocycles. The van der Waals surface area contributed by atoms with Crippen molar-refractivity contribution >= 4 is 50.3 Å². The molecule has 1 aromatic carbocycles. The highest BCUT2D eigenvalue weighted by molar-refractivity contribution is 9.10. The highest BCUT2D eigenvalue weighted by Crippen LogP contribution is 2.32. The Hall–Kier alpha value is -1.04. The predicted octanol–water partition coefficient (Wildman–Crippen LogP) is 4.83. The summed E-state index contributed by atoms with van der Waals surface area (Å²) in [6.45, 7) is 2.06. The largest absolute Gasteiger partial charge is 0.333 e. The molecule has 0 amide bonds. The van der Waals surface area contributed by atoms with E-state index in [0.29, 0.717) is 5.02 Å². The first-order chi connectivity index (χ1) is 9.11. The number of imidazole rings is 1. The summed E-state index contributed by atoms with van der Waals surface area (Å²) < 4.78 is 0.863. The lowest BCUT2D eigenvalue weighted by Gasteiger charge is -2.00. The average Bonchev–Trinajstić information content (AvgIpc) is 2.74. The molecule has 96 valence electrons. The van der Waals surface area contributed by atoms with Crippen LogP contribution in [-0.4, -0.2) is 15.0 Å². The zero-order chi connectivity index (χ0) is 13.4. The summed E-state index contributed by atoms with van der Waals surface area (Å²) in [6, 6.07) is 7.96. The third kappa shape index (κ3) is 2.78. The molecule has 0 unspecified atom stereocenters. The maximum atomic E-state index is 5.88. The number of aryl methyl sites for hydroxylation is 1. The molecule has 19 heavy (non-hydrogen) atoms. The normalized spacial score (nSPS) is 11.1. The van der Waals surface area contributed by atoms with E-state index in [1.54, 1.807) is 6.20 Å². The number of hydrogen-bond donors (Lipinski definition) is 1. The van der Waals surface area contributed by atoms with Gasteiger partial charge in [0.25, 0.3) is 0 Å². The van der Waals surface area contributed by atoms with Gasteiger partial charge in [0.2, 0.25) is 0 Å². The summed E-state index contributed by atoms with van der Waals surface area (Å²) in [7, 11) is 0. The number of pyridine rings is 1. The van der Waals surface area contributed by atoms with Gasteiger partial charge < -0.3 is 4.98 Å². The Labute approximate surface area is 127 Å². The Balaban J connectivity index is 1.96. The number of hydrogen-bond acceptors (Lipinski definition) is 3. The Bertz CT molecular complexity index is 757. The van der Waals surface area contributed by atoms with Crippen molar-refractivity contribution in [1.82, 2.24) is 15.0 Å². The van der Waals surface area contributed by atoms with E-state index in [0.717, 1.165) is 25.7 Å². The first kappa shape index (κ1) is 13.0. The monoisotopic (exact) mass is 353 g/mol. The van der Waals surface area contributed by atoms with E-state index in [1.807, 2.05) is 18.2 Å². The van der Waals surface area contributed by atoms with E-state index in [1.165, 1.54) is 17.3 Å². The number of H-pyrrole nitrogens is 1. The average molecular weight is 355 g/mol. The molecule has 0 saturated carbocycles. The molecule has 0 spiro atoms. The van der Waals surface area contributed by atoms with Crippen LogP contribution in [0.5, 0.6) is 0 Å². The first-order valence-corrected chi connectivity index (χ1v) is 7.56. The predicted molar refractivity (Wildman–Crippen MR) is 81.9 cm³/mol. The summed E-state index contributed by atoms with van der Waals surface area (Å²) >= 11 is 10.8. The number of nitrogens with zero attached hydrogens (tertiary/aromatic N) is 2. The van der Waals surface area contributed by atoms with Gasteiger partial charge in [-0.15, -0.1) is 0 Å². The Morgan fingerprint density at radius 2 is 2.16 bits per heavy atom. The molecule has 0 bridgehead atoms. The molecule has 2 heterocycles. The van der Waals surface area contributed by atoms with Crippen LogP contribution in [0.25, 0.3) is 11.0 Å². The van der Waals surface area contributed by atoms with Crippen molar-refractivity contribution in [2.24, 2.45) is 0 Å². The van der Waals surface area contributed by atoms with Crippen molar-refractivity contribution in [3.63, 3.8) is 0 Å². The number of halogens is 2. The minimum atomic E-state index is 0.608. The maximum absolute atomic E-state index is 5.88. The number of nitrogens with one attached hydrogen (secondary N) is 1. The fourth-order valence-corrected chi connectivity index (χ4v) is 3.35. The van der Waals surface area contributed by atoms with Crippen LogP contribution >= 0.6 is 39.3 Å². The molecule has 2 aromatic heterocycles. The molecule has 0 atom stereocenters. The van der Waals surface area contributed by atoms with Gasteiger partial charge in [-0.05, 0) is 58.4 Å². The van der Waals surface area contributed by atoms with Crippen molar-refractivity contribution in [2.75, 3.05) is 0 Å². The Kier molecular flexibility index (Phi) is 3.52. The number of benzene rings is 1. The molecule has 0 radical (unpaired) electrons. The second-order valence-electron chi connectivity index (χ2n) is 4.11. The van der Waals surface area contributed by atoms with Gasteiger partial charge in [0.05, 0.1) is 20.5 Å². The fraction of sp³-hybridized carbons (Fsp3) is 0.0769. The van der Waals surface area contributed by atoms with Crippen LogP contribution in [0.15, 0.2) is 45.1 Å². The molecule has 0 fully saturated rings. The highest BCUT2D eigenvalue weighted by atomic mass is 79.9. The number of aromatic nitrogens is 3. The van der Waals surface area contributed by atoms with Crippen LogP contribution in [0, 0.1) is 6.92 Å². The molecule has 0 aliphatic rings. The molecule has 6 heteroatoms. The van der Waals surface area contributed by atoms with Crippen LogP contribution in [0.4, 0.5) is 0 Å². The smallest absolute Gasteiger partial charge is 0.172 e. The van der Waals surface area contributed by atoms with Crippen molar-refractivity contribution in [3.05, 3.63) is 45.5 Å². The van der Waals surface area contributed by atoms with E-state index < -0.39 is 0 Å². The van der Waals surface area contributed by atoms with E-state index in [9.17, 15) is 0 Å². The summed E-state index contributed by atoms with van der Waals surface area (Å²) in [5.41, 5.74) is 3.20. The molecule has 0 aliphatic carbocycles. The van der Waals surface area contributed by atoms with Gasteiger partial charge in [0.1, 0.15) is 5.03 Å². The summed E-state index contributed by atoms with van der Waals surface area (Å²) in [4.78, 5) is 12.1. The maximum Gasteiger partial charge on any atom is 0.172 e. The number of aromatic amines is 1. The van der Waals surface area contributed by atoms with Crippen LogP contribution in [-0.2, 0) is 0 Å². The highest BCUT2D eigenvalue weighted by Gasteiger charge is 2.09. The minimum absolute atomic E-state index is 0.608. The van der Waals surface area contributed by atoms with Crippen LogP contribution in [0.2, 0.25) is 5.02 Å². The van der Waals surface area contributed by atoms with Crippen LogP contribution in [0.3, 0.4) is 0 Å². The van der Waals surface area contributed by atoms with E-state index in [2.05, 4.69) is 43.9 Å². The quantitative estimate of drug-likeness (QED) is 0.716. The van der Waals surface area contributed by atoms with E-state index in [-0.39, 0.29) is 0 Å². The molecule has 1 N–H and O–H groups in total.